The van der Waals surface area contributed by atoms with Gasteiger partial charge in [-0.2, -0.15) is 4.39 Å². The van der Waals surface area contributed by atoms with Crippen molar-refractivity contribution in [3.63, 3.8) is 0 Å². The van der Waals surface area contributed by atoms with E-state index in [2.05, 4.69) is 5.32 Å². The maximum Gasteiger partial charge on any atom is 0.208 e. The van der Waals surface area contributed by atoms with Gasteiger partial charge in [0, 0.05) is 24.1 Å². The van der Waals surface area contributed by atoms with E-state index in [1.54, 1.807) is 6.07 Å². The Morgan fingerprint density at radius 3 is 2.84 bits per heavy atom. The molecular formula is C17H20FNO5S. The van der Waals surface area contributed by atoms with Gasteiger partial charge >= 0.3 is 0 Å². The fourth-order valence-electron chi connectivity index (χ4n) is 2.67. The van der Waals surface area contributed by atoms with Crippen LogP contribution >= 0.6 is 11.8 Å². The predicted molar refractivity (Wildman–Crippen MR) is 93.3 cm³/mol. The first-order chi connectivity index (χ1) is 12.0. The highest BCUT2D eigenvalue weighted by atomic mass is 32.2. The molecule has 8 heteroatoms. The van der Waals surface area contributed by atoms with E-state index in [-0.39, 0.29) is 22.3 Å². The molecule has 1 saturated heterocycles. The van der Waals surface area contributed by atoms with E-state index in [9.17, 15) is 14.3 Å². The van der Waals surface area contributed by atoms with E-state index in [1.807, 2.05) is 6.92 Å². The largest absolute Gasteiger partial charge is 0.504 e. The number of benzene rings is 1. The number of ether oxygens (including phenoxy) is 2. The minimum absolute atomic E-state index is 0.0222. The Kier molecular flexibility index (Phi) is 5.51. The van der Waals surface area contributed by atoms with Crippen molar-refractivity contribution in [2.45, 2.75) is 32.6 Å². The molecule has 0 aliphatic carbocycles. The Hall–Kier alpha value is -1.77. The molecule has 2 N–H and O–H groups in total. The number of aromatic hydroxyl groups is 1. The van der Waals surface area contributed by atoms with E-state index >= 15 is 0 Å². The highest BCUT2D eigenvalue weighted by molar-refractivity contribution is 8.13. The molecule has 2 heterocycles. The minimum atomic E-state index is -0.842. The smallest absolute Gasteiger partial charge is 0.208 e. The lowest BCUT2D eigenvalue weighted by Gasteiger charge is -2.17. The van der Waals surface area contributed by atoms with Crippen molar-refractivity contribution in [1.29, 1.82) is 0 Å². The molecule has 0 amide bonds. The zero-order valence-corrected chi connectivity index (χ0v) is 14.8. The van der Waals surface area contributed by atoms with Gasteiger partial charge in [0.1, 0.15) is 6.26 Å². The molecule has 1 aliphatic heterocycles. The Bertz CT molecular complexity index is 772. The van der Waals surface area contributed by atoms with Gasteiger partial charge < -0.3 is 24.3 Å². The summed E-state index contributed by atoms with van der Waals surface area (Å²) >= 11 is 1.23. The second-order valence-corrected chi connectivity index (χ2v) is 6.98. The van der Waals surface area contributed by atoms with Gasteiger partial charge in [-0.3, -0.25) is 4.79 Å². The van der Waals surface area contributed by atoms with E-state index < -0.39 is 17.9 Å². The molecule has 0 unspecified atom stereocenters. The summed E-state index contributed by atoms with van der Waals surface area (Å²) in [5, 5.41) is 13.9. The van der Waals surface area contributed by atoms with Gasteiger partial charge in [-0.05, 0) is 12.5 Å². The third-order valence-corrected chi connectivity index (χ3v) is 5.00. The number of halogens is 1. The van der Waals surface area contributed by atoms with E-state index in [0.717, 1.165) is 6.42 Å². The molecule has 6 nitrogen and oxygen atoms in total. The van der Waals surface area contributed by atoms with Crippen molar-refractivity contribution in [1.82, 2.24) is 0 Å². The molecule has 0 radical (unpaired) electrons. The molecular weight excluding hydrogens is 349 g/mol. The number of furan rings is 1. The normalized spacial score (nSPS) is 16.4. The van der Waals surface area contributed by atoms with Crippen molar-refractivity contribution in [2.24, 2.45) is 0 Å². The van der Waals surface area contributed by atoms with Gasteiger partial charge in [-0.15, -0.1) is 0 Å². The summed E-state index contributed by atoms with van der Waals surface area (Å²) in [5.41, 5.74) is 0.804. The van der Waals surface area contributed by atoms with Crippen molar-refractivity contribution >= 4 is 33.5 Å². The lowest BCUT2D eigenvalue weighted by Crippen LogP contribution is -2.21. The lowest BCUT2D eigenvalue weighted by molar-refractivity contribution is -0.109. The van der Waals surface area contributed by atoms with Gasteiger partial charge in [0.2, 0.25) is 5.82 Å². The number of carbonyl (C=O) groups is 1. The number of phenols is 1. The number of fused-ring (bicyclic) bond motifs is 1. The van der Waals surface area contributed by atoms with Gasteiger partial charge in [-0.25, -0.2) is 0 Å². The summed E-state index contributed by atoms with van der Waals surface area (Å²) < 4.78 is 30.5. The van der Waals surface area contributed by atoms with Crippen LogP contribution in [-0.4, -0.2) is 35.2 Å². The average Bonchev–Trinajstić information content (AvgIpc) is 3.24. The first kappa shape index (κ1) is 18.0. The molecule has 25 heavy (non-hydrogen) atoms. The topological polar surface area (TPSA) is 80.9 Å². The van der Waals surface area contributed by atoms with Gasteiger partial charge in [0.15, 0.2) is 22.7 Å². The van der Waals surface area contributed by atoms with Gasteiger partial charge in [0.05, 0.1) is 24.5 Å². The van der Waals surface area contributed by atoms with Crippen LogP contribution < -0.4 is 5.32 Å². The summed E-state index contributed by atoms with van der Waals surface area (Å²) in [5.74, 6) is -0.772. The summed E-state index contributed by atoms with van der Waals surface area (Å²) in [6, 6.07) is 1.63. The molecule has 0 saturated carbocycles. The summed E-state index contributed by atoms with van der Waals surface area (Å²) in [6.07, 6.45) is 1.40. The molecule has 0 bridgehead atoms. The second kappa shape index (κ2) is 7.63. The van der Waals surface area contributed by atoms with Crippen molar-refractivity contribution in [2.75, 3.05) is 24.3 Å². The number of hydrogen-bond donors (Lipinski definition) is 2. The van der Waals surface area contributed by atoms with Crippen molar-refractivity contribution < 1.29 is 28.2 Å². The molecule has 2 aromatic rings. The predicted octanol–water partition coefficient (Wildman–Crippen LogP) is 3.79. The van der Waals surface area contributed by atoms with Gasteiger partial charge in [0.25, 0.3) is 0 Å². The van der Waals surface area contributed by atoms with Crippen LogP contribution in [0.2, 0.25) is 0 Å². The number of anilines is 1. The number of carbonyl (C=O) groups excluding carboxylic acids is 1. The Labute approximate surface area is 148 Å². The van der Waals surface area contributed by atoms with Gasteiger partial charge in [-0.1, -0.05) is 18.7 Å². The van der Waals surface area contributed by atoms with Crippen molar-refractivity contribution in [3.05, 3.63) is 23.7 Å². The first-order valence-corrected chi connectivity index (χ1v) is 9.05. The molecule has 1 atom stereocenters. The summed E-state index contributed by atoms with van der Waals surface area (Å²) in [7, 11) is 0. The standard InChI is InChI=1S/C17H20FNO5S/c1-3-10(8-25-9(2)20)19-13-7-24-16-11(13)6-12(15(21)14(16)18)17-22-4-5-23-17/h6-7,10,17,19,21H,3-5,8H2,1-2H3/t10-/m0/s1. The fourth-order valence-corrected chi connectivity index (χ4v) is 3.42. The number of phenolic OH excluding ortho intramolecular Hbond substituents is 1. The second-order valence-electron chi connectivity index (χ2n) is 5.78. The Morgan fingerprint density at radius 1 is 1.48 bits per heavy atom. The molecule has 3 rings (SSSR count). The minimum Gasteiger partial charge on any atom is -0.504 e. The Morgan fingerprint density at radius 2 is 2.20 bits per heavy atom. The van der Waals surface area contributed by atoms with Crippen LogP contribution in [0.3, 0.4) is 0 Å². The van der Waals surface area contributed by atoms with E-state index in [4.69, 9.17) is 13.9 Å². The number of hydrogen-bond acceptors (Lipinski definition) is 7. The van der Waals surface area contributed by atoms with Crippen LogP contribution in [0.15, 0.2) is 16.7 Å². The van der Waals surface area contributed by atoms with Crippen LogP contribution in [0.1, 0.15) is 32.1 Å². The third-order valence-electron chi connectivity index (χ3n) is 4.03. The molecule has 1 aromatic heterocycles. The fraction of sp³-hybridized carbons (Fsp3) is 0.471. The molecule has 0 spiro atoms. The molecule has 1 aliphatic rings. The monoisotopic (exact) mass is 369 g/mol. The van der Waals surface area contributed by atoms with E-state index in [0.29, 0.717) is 30.0 Å². The molecule has 1 aromatic carbocycles. The first-order valence-electron chi connectivity index (χ1n) is 8.07. The number of rotatable bonds is 6. The maximum atomic E-state index is 14.5. The Balaban J connectivity index is 1.92. The van der Waals surface area contributed by atoms with Crippen LogP contribution in [-0.2, 0) is 14.3 Å². The number of nitrogens with one attached hydrogen (secondary N) is 1. The zero-order chi connectivity index (χ0) is 18.0. The van der Waals surface area contributed by atoms with Crippen LogP contribution in [0.5, 0.6) is 5.75 Å². The molecule has 1 fully saturated rings. The van der Waals surface area contributed by atoms with Crippen LogP contribution in [0.4, 0.5) is 10.1 Å². The summed E-state index contributed by atoms with van der Waals surface area (Å²) in [6.45, 7) is 4.30. The quantitative estimate of drug-likeness (QED) is 0.802. The highest BCUT2D eigenvalue weighted by Gasteiger charge is 2.27. The number of thioether (sulfide) groups is 1. The van der Waals surface area contributed by atoms with E-state index in [1.165, 1.54) is 24.9 Å². The molecule has 136 valence electrons. The summed E-state index contributed by atoms with van der Waals surface area (Å²) in [4.78, 5) is 11.2. The SMILES string of the molecule is CC[C@@H](CSC(C)=O)Nc1coc2c(F)c(O)c(C3OCCO3)cc12. The maximum absolute atomic E-state index is 14.5. The van der Waals surface area contributed by atoms with Crippen molar-refractivity contribution in [3.8, 4) is 5.75 Å². The van der Waals surface area contributed by atoms with Crippen LogP contribution in [0.25, 0.3) is 11.0 Å². The lowest BCUT2D eigenvalue weighted by atomic mass is 10.1. The highest BCUT2D eigenvalue weighted by Crippen LogP contribution is 2.40. The average molecular weight is 369 g/mol. The third kappa shape index (κ3) is 3.75. The van der Waals surface area contributed by atoms with Crippen LogP contribution in [0, 0.1) is 5.82 Å². The zero-order valence-electron chi connectivity index (χ0n) is 14.0.